The monoisotopic (exact) mass is 282 g/mol. The maximum Gasteiger partial charge on any atom is 0.320 e. The predicted molar refractivity (Wildman–Crippen MR) is 79.5 cm³/mol. The van der Waals surface area contributed by atoms with Crippen LogP contribution in [0.15, 0.2) is 24.8 Å². The summed E-state index contributed by atoms with van der Waals surface area (Å²) in [6.07, 6.45) is 6.83. The minimum absolute atomic E-state index is 0.0937. The maximum absolute atomic E-state index is 11.2. The Balaban J connectivity index is 2.83. The van der Waals surface area contributed by atoms with Gasteiger partial charge in [-0.15, -0.1) is 6.58 Å². The van der Waals surface area contributed by atoms with Crippen molar-refractivity contribution in [2.45, 2.75) is 50.9 Å². The third-order valence-electron chi connectivity index (χ3n) is 3.72. The van der Waals surface area contributed by atoms with Crippen LogP contribution in [0.4, 0.5) is 0 Å². The van der Waals surface area contributed by atoms with E-state index in [0.717, 1.165) is 0 Å². The molecular formula is C15H26N2O3. The first kappa shape index (κ1) is 16.9. The molecule has 1 aliphatic rings. The fourth-order valence-electron chi connectivity index (χ4n) is 2.80. The number of nitrogens with two attached hydrogens (primary N) is 1. The summed E-state index contributed by atoms with van der Waals surface area (Å²) in [5, 5.41) is 12.3. The molecule has 20 heavy (non-hydrogen) atoms. The molecule has 2 unspecified atom stereocenters. The van der Waals surface area contributed by atoms with Gasteiger partial charge in [0.1, 0.15) is 6.04 Å². The van der Waals surface area contributed by atoms with Crippen molar-refractivity contribution in [3.05, 3.63) is 24.8 Å². The number of hydrogen-bond donors (Lipinski definition) is 3. The van der Waals surface area contributed by atoms with E-state index in [9.17, 15) is 4.79 Å². The van der Waals surface area contributed by atoms with Gasteiger partial charge in [-0.25, -0.2) is 0 Å². The van der Waals surface area contributed by atoms with Crippen molar-refractivity contribution in [3.8, 4) is 0 Å². The zero-order valence-corrected chi connectivity index (χ0v) is 12.3. The van der Waals surface area contributed by atoms with Crippen LogP contribution < -0.4 is 11.1 Å². The Kier molecular flexibility index (Phi) is 6.91. The third kappa shape index (κ3) is 4.16. The standard InChI is InChI=1S/C15H26N2O3/c1-4-7-10-9-11(15(18)19)17-14(10)13(16)12(8-5-2)20-6-3/h4-5,7,10-14,17H,2,6,8-9,16H2,1,3H3,(H,18,19)/b7-4-/t10-,11-,12+,13?,14?/m1/s1. The summed E-state index contributed by atoms with van der Waals surface area (Å²) >= 11 is 0. The fourth-order valence-corrected chi connectivity index (χ4v) is 2.80. The first-order valence-corrected chi connectivity index (χ1v) is 7.14. The summed E-state index contributed by atoms with van der Waals surface area (Å²) in [6.45, 7) is 8.16. The van der Waals surface area contributed by atoms with Crippen LogP contribution >= 0.6 is 0 Å². The van der Waals surface area contributed by atoms with Gasteiger partial charge >= 0.3 is 5.97 Å². The number of nitrogens with one attached hydrogen (secondary N) is 1. The number of allylic oxidation sites excluding steroid dienone is 1. The van der Waals surface area contributed by atoms with E-state index in [0.29, 0.717) is 19.4 Å². The molecular weight excluding hydrogens is 256 g/mol. The first-order valence-electron chi connectivity index (χ1n) is 7.14. The van der Waals surface area contributed by atoms with Crippen molar-refractivity contribution in [1.29, 1.82) is 0 Å². The van der Waals surface area contributed by atoms with Gasteiger partial charge in [-0.05, 0) is 32.6 Å². The first-order chi connectivity index (χ1) is 9.54. The summed E-state index contributed by atoms with van der Waals surface area (Å²) in [5.74, 6) is -0.713. The average molecular weight is 282 g/mol. The molecule has 1 fully saturated rings. The van der Waals surface area contributed by atoms with Crippen molar-refractivity contribution in [3.63, 3.8) is 0 Å². The summed E-state index contributed by atoms with van der Waals surface area (Å²) in [5.41, 5.74) is 6.32. The molecule has 5 atom stereocenters. The van der Waals surface area contributed by atoms with Crippen molar-refractivity contribution in [1.82, 2.24) is 5.32 Å². The summed E-state index contributed by atoms with van der Waals surface area (Å²) in [6, 6.07) is -0.902. The van der Waals surface area contributed by atoms with Gasteiger partial charge in [0, 0.05) is 18.7 Å². The molecule has 4 N–H and O–H groups in total. The lowest BCUT2D eigenvalue weighted by molar-refractivity contribution is -0.139. The van der Waals surface area contributed by atoms with E-state index < -0.39 is 12.0 Å². The minimum atomic E-state index is -0.828. The number of carboxylic acid groups (broad SMARTS) is 1. The van der Waals surface area contributed by atoms with E-state index in [2.05, 4.69) is 11.9 Å². The molecule has 1 aliphatic heterocycles. The molecule has 5 nitrogen and oxygen atoms in total. The smallest absolute Gasteiger partial charge is 0.320 e. The van der Waals surface area contributed by atoms with Gasteiger partial charge < -0.3 is 15.6 Å². The Hall–Kier alpha value is -1.17. The molecule has 0 aliphatic carbocycles. The normalized spacial score (nSPS) is 29.4. The molecule has 0 aromatic carbocycles. The van der Waals surface area contributed by atoms with Crippen molar-refractivity contribution < 1.29 is 14.6 Å². The lowest BCUT2D eigenvalue weighted by Crippen LogP contribution is -2.53. The highest BCUT2D eigenvalue weighted by atomic mass is 16.5. The van der Waals surface area contributed by atoms with Gasteiger partial charge in [-0.3, -0.25) is 10.1 Å². The molecule has 1 heterocycles. The molecule has 0 amide bonds. The lowest BCUT2D eigenvalue weighted by atomic mass is 9.90. The number of aliphatic carboxylic acids is 1. The van der Waals surface area contributed by atoms with Crippen LogP contribution in [0.1, 0.15) is 26.7 Å². The second kappa shape index (κ2) is 8.19. The Morgan fingerprint density at radius 3 is 2.85 bits per heavy atom. The van der Waals surface area contributed by atoms with Crippen LogP contribution in [0.3, 0.4) is 0 Å². The molecule has 0 radical (unpaired) electrons. The largest absolute Gasteiger partial charge is 0.480 e. The zero-order chi connectivity index (χ0) is 15.1. The molecule has 5 heteroatoms. The highest BCUT2D eigenvalue weighted by molar-refractivity contribution is 5.74. The Labute approximate surface area is 120 Å². The quantitative estimate of drug-likeness (QED) is 0.584. The van der Waals surface area contributed by atoms with E-state index in [4.69, 9.17) is 15.6 Å². The number of carboxylic acids is 1. The van der Waals surface area contributed by atoms with Crippen LogP contribution in [0.2, 0.25) is 0 Å². The van der Waals surface area contributed by atoms with Crippen LogP contribution in [0.25, 0.3) is 0 Å². The summed E-state index contributed by atoms with van der Waals surface area (Å²) in [7, 11) is 0. The van der Waals surface area contributed by atoms with Crippen molar-refractivity contribution in [2.24, 2.45) is 11.7 Å². The second-order valence-corrected chi connectivity index (χ2v) is 5.10. The second-order valence-electron chi connectivity index (χ2n) is 5.10. The molecule has 0 saturated carbocycles. The number of hydrogen-bond acceptors (Lipinski definition) is 4. The van der Waals surface area contributed by atoms with Gasteiger partial charge in [0.2, 0.25) is 0 Å². The molecule has 1 saturated heterocycles. The maximum atomic E-state index is 11.2. The number of carbonyl (C=O) groups is 1. The van der Waals surface area contributed by atoms with Gasteiger partial charge in [-0.2, -0.15) is 0 Å². The topological polar surface area (TPSA) is 84.6 Å². The van der Waals surface area contributed by atoms with Crippen LogP contribution in [0, 0.1) is 5.92 Å². The van der Waals surface area contributed by atoms with Crippen LogP contribution in [-0.2, 0) is 9.53 Å². The average Bonchev–Trinajstić information content (AvgIpc) is 2.82. The van der Waals surface area contributed by atoms with Crippen molar-refractivity contribution >= 4 is 5.97 Å². The zero-order valence-electron chi connectivity index (χ0n) is 12.3. The molecule has 0 aromatic rings. The molecule has 114 valence electrons. The minimum Gasteiger partial charge on any atom is -0.480 e. The van der Waals surface area contributed by atoms with Crippen LogP contribution in [-0.4, -0.2) is 41.9 Å². The van der Waals surface area contributed by atoms with E-state index in [1.165, 1.54) is 0 Å². The van der Waals surface area contributed by atoms with E-state index >= 15 is 0 Å². The molecule has 0 bridgehead atoms. The predicted octanol–water partition coefficient (Wildman–Crippen LogP) is 1.30. The van der Waals surface area contributed by atoms with Crippen LogP contribution in [0.5, 0.6) is 0 Å². The summed E-state index contributed by atoms with van der Waals surface area (Å²) < 4.78 is 5.67. The van der Waals surface area contributed by atoms with Gasteiger partial charge in [-0.1, -0.05) is 18.2 Å². The van der Waals surface area contributed by atoms with E-state index in [1.807, 2.05) is 26.0 Å². The van der Waals surface area contributed by atoms with Gasteiger partial charge in [0.05, 0.1) is 6.10 Å². The number of rotatable bonds is 8. The van der Waals surface area contributed by atoms with E-state index in [1.54, 1.807) is 6.08 Å². The molecule has 1 rings (SSSR count). The Bertz CT molecular complexity index is 357. The van der Waals surface area contributed by atoms with Gasteiger partial charge in [0.25, 0.3) is 0 Å². The Morgan fingerprint density at radius 2 is 2.35 bits per heavy atom. The fraction of sp³-hybridized carbons (Fsp3) is 0.667. The Morgan fingerprint density at radius 1 is 1.65 bits per heavy atom. The highest BCUT2D eigenvalue weighted by Crippen LogP contribution is 2.26. The third-order valence-corrected chi connectivity index (χ3v) is 3.72. The number of ether oxygens (including phenoxy) is 1. The lowest BCUT2D eigenvalue weighted by Gasteiger charge is -2.30. The SMILES string of the molecule is C=CC[C@H](OCC)C(N)C1N[C@@H](C(=O)O)C[C@H]1/C=C\C. The highest BCUT2D eigenvalue weighted by Gasteiger charge is 2.41. The molecule has 0 spiro atoms. The molecule has 0 aromatic heterocycles. The van der Waals surface area contributed by atoms with E-state index in [-0.39, 0.29) is 24.1 Å². The van der Waals surface area contributed by atoms with Gasteiger partial charge in [0.15, 0.2) is 0 Å². The summed E-state index contributed by atoms with van der Waals surface area (Å²) in [4.78, 5) is 11.2. The van der Waals surface area contributed by atoms with Crippen molar-refractivity contribution in [2.75, 3.05) is 6.61 Å².